The number of hydrogen-bond acceptors (Lipinski definition) is 3. The number of β-amino-alcohol motifs (C(OH)–C–C–N with tert-alkyl or cyclic N) is 1. The lowest BCUT2D eigenvalue weighted by molar-refractivity contribution is -0.117. The molecule has 5 heteroatoms. The van der Waals surface area contributed by atoms with E-state index in [2.05, 4.69) is 10.2 Å². The van der Waals surface area contributed by atoms with Crippen LogP contribution in [-0.2, 0) is 11.2 Å². The molecule has 82 valence electrons. The van der Waals surface area contributed by atoms with Crippen LogP contribution in [0.3, 0.4) is 0 Å². The maximum atomic E-state index is 11.5. The Labute approximate surface area is 88.1 Å². The van der Waals surface area contributed by atoms with Crippen LogP contribution >= 0.6 is 0 Å². The summed E-state index contributed by atoms with van der Waals surface area (Å²) in [5, 5.41) is 16.4. The van der Waals surface area contributed by atoms with Crippen molar-refractivity contribution in [2.75, 3.05) is 11.4 Å². The highest BCUT2D eigenvalue weighted by atomic mass is 16.3. The fourth-order valence-corrected chi connectivity index (χ4v) is 1.92. The van der Waals surface area contributed by atoms with E-state index in [1.807, 2.05) is 13.8 Å². The van der Waals surface area contributed by atoms with Crippen LogP contribution in [-0.4, -0.2) is 33.9 Å². The first kappa shape index (κ1) is 10.2. The summed E-state index contributed by atoms with van der Waals surface area (Å²) < 4.78 is 0. The number of carbonyl (C=O) groups excluding carboxylic acids is 1. The smallest absolute Gasteiger partial charge is 0.230 e. The maximum absolute atomic E-state index is 11.5. The van der Waals surface area contributed by atoms with Crippen molar-refractivity contribution in [3.8, 4) is 0 Å². The van der Waals surface area contributed by atoms with Crippen molar-refractivity contribution in [2.45, 2.75) is 32.8 Å². The molecule has 0 bridgehead atoms. The van der Waals surface area contributed by atoms with E-state index in [0.717, 1.165) is 17.7 Å². The van der Waals surface area contributed by atoms with Crippen LogP contribution in [0.15, 0.2) is 0 Å². The first-order chi connectivity index (χ1) is 7.13. The number of amides is 1. The van der Waals surface area contributed by atoms with E-state index >= 15 is 0 Å². The molecule has 1 aliphatic rings. The first-order valence-electron chi connectivity index (χ1n) is 5.15. The Bertz CT molecular complexity index is 386. The second-order valence-electron chi connectivity index (χ2n) is 3.87. The van der Waals surface area contributed by atoms with Crippen LogP contribution < -0.4 is 4.90 Å². The predicted molar refractivity (Wildman–Crippen MR) is 55.7 cm³/mol. The fraction of sp³-hybridized carbons (Fsp3) is 0.600. The van der Waals surface area contributed by atoms with Crippen LogP contribution in [0.5, 0.6) is 0 Å². The van der Waals surface area contributed by atoms with Gasteiger partial charge >= 0.3 is 0 Å². The number of anilines is 1. The molecule has 1 amide bonds. The third-order valence-corrected chi connectivity index (χ3v) is 2.80. The van der Waals surface area contributed by atoms with Crippen molar-refractivity contribution in [1.82, 2.24) is 10.2 Å². The molecular weight excluding hydrogens is 194 g/mol. The van der Waals surface area contributed by atoms with Gasteiger partial charge in [-0.2, -0.15) is 5.10 Å². The predicted octanol–water partition coefficient (Wildman–Crippen LogP) is 0.378. The molecule has 2 heterocycles. The zero-order valence-corrected chi connectivity index (χ0v) is 8.95. The first-order valence-corrected chi connectivity index (χ1v) is 5.15. The standard InChI is InChI=1S/C10H15N3O2/c1-3-8-6(2)10(12-11-8)13-5-7(14)4-9(13)15/h7,14H,3-5H2,1-2H3,(H,11,12). The quantitative estimate of drug-likeness (QED) is 0.739. The second-order valence-corrected chi connectivity index (χ2v) is 3.87. The Morgan fingerprint density at radius 1 is 1.67 bits per heavy atom. The third kappa shape index (κ3) is 1.63. The van der Waals surface area contributed by atoms with Crippen molar-refractivity contribution >= 4 is 11.7 Å². The average molecular weight is 209 g/mol. The Balaban J connectivity index is 2.30. The molecule has 1 atom stereocenters. The molecule has 0 spiro atoms. The Hall–Kier alpha value is -1.36. The van der Waals surface area contributed by atoms with Gasteiger partial charge in [0.25, 0.3) is 0 Å². The van der Waals surface area contributed by atoms with Gasteiger partial charge in [0.15, 0.2) is 5.82 Å². The molecule has 1 aliphatic heterocycles. The van der Waals surface area contributed by atoms with Crippen molar-refractivity contribution in [3.63, 3.8) is 0 Å². The number of H-pyrrole nitrogens is 1. The summed E-state index contributed by atoms with van der Waals surface area (Å²) in [6.45, 7) is 4.33. The molecule has 1 aromatic heterocycles. The topological polar surface area (TPSA) is 69.2 Å². The fourth-order valence-electron chi connectivity index (χ4n) is 1.92. The second kappa shape index (κ2) is 3.66. The summed E-state index contributed by atoms with van der Waals surface area (Å²) in [7, 11) is 0. The van der Waals surface area contributed by atoms with Crippen molar-refractivity contribution < 1.29 is 9.90 Å². The van der Waals surface area contributed by atoms with Gasteiger partial charge in [-0.05, 0) is 13.3 Å². The minimum Gasteiger partial charge on any atom is -0.391 e. The zero-order valence-electron chi connectivity index (χ0n) is 8.95. The van der Waals surface area contributed by atoms with Gasteiger partial charge in [0.1, 0.15) is 0 Å². The minimum absolute atomic E-state index is 0.0558. The molecule has 2 rings (SSSR count). The number of aromatic amines is 1. The number of rotatable bonds is 2. The van der Waals surface area contributed by atoms with Gasteiger partial charge in [0.05, 0.1) is 19.1 Å². The number of aliphatic hydroxyl groups is 1. The Kier molecular flexibility index (Phi) is 2.48. The van der Waals surface area contributed by atoms with Gasteiger partial charge < -0.3 is 5.11 Å². The van der Waals surface area contributed by atoms with Crippen LogP contribution in [0, 0.1) is 6.92 Å². The third-order valence-electron chi connectivity index (χ3n) is 2.80. The van der Waals surface area contributed by atoms with Crippen LogP contribution in [0.4, 0.5) is 5.82 Å². The molecule has 0 saturated carbocycles. The van der Waals surface area contributed by atoms with Crippen LogP contribution in [0.2, 0.25) is 0 Å². The van der Waals surface area contributed by atoms with E-state index in [0.29, 0.717) is 12.4 Å². The molecule has 15 heavy (non-hydrogen) atoms. The molecule has 0 aliphatic carbocycles. The van der Waals surface area contributed by atoms with E-state index < -0.39 is 6.10 Å². The van der Waals surface area contributed by atoms with E-state index in [1.165, 1.54) is 0 Å². The van der Waals surface area contributed by atoms with Gasteiger partial charge in [0, 0.05) is 11.3 Å². The summed E-state index contributed by atoms with van der Waals surface area (Å²) in [6.07, 6.45) is 0.510. The number of carbonyl (C=O) groups is 1. The van der Waals surface area contributed by atoms with Crippen molar-refractivity contribution in [3.05, 3.63) is 11.3 Å². The molecule has 1 aromatic rings. The minimum atomic E-state index is -0.557. The summed E-state index contributed by atoms with van der Waals surface area (Å²) in [6, 6.07) is 0. The number of nitrogens with one attached hydrogen (secondary N) is 1. The average Bonchev–Trinajstić information content (AvgIpc) is 2.69. The largest absolute Gasteiger partial charge is 0.391 e. The highest BCUT2D eigenvalue weighted by Crippen LogP contribution is 2.24. The Morgan fingerprint density at radius 3 is 2.87 bits per heavy atom. The van der Waals surface area contributed by atoms with Crippen LogP contribution in [0.25, 0.3) is 0 Å². The van der Waals surface area contributed by atoms with Gasteiger partial charge in [-0.3, -0.25) is 14.8 Å². The molecule has 0 radical (unpaired) electrons. The Morgan fingerprint density at radius 2 is 2.40 bits per heavy atom. The van der Waals surface area contributed by atoms with Gasteiger partial charge in [0.2, 0.25) is 5.91 Å². The summed E-state index contributed by atoms with van der Waals surface area (Å²) in [5.74, 6) is 0.605. The molecule has 1 saturated heterocycles. The number of hydrogen-bond donors (Lipinski definition) is 2. The van der Waals surface area contributed by atoms with E-state index in [9.17, 15) is 9.90 Å². The normalized spacial score (nSPS) is 21.4. The maximum Gasteiger partial charge on any atom is 0.230 e. The monoisotopic (exact) mass is 209 g/mol. The number of nitrogens with zero attached hydrogens (tertiary/aromatic N) is 2. The van der Waals surface area contributed by atoms with E-state index in [-0.39, 0.29) is 12.3 Å². The summed E-state index contributed by atoms with van der Waals surface area (Å²) >= 11 is 0. The molecular formula is C10H15N3O2. The lowest BCUT2D eigenvalue weighted by Gasteiger charge is -2.13. The molecule has 0 aromatic carbocycles. The number of aromatic nitrogens is 2. The van der Waals surface area contributed by atoms with Gasteiger partial charge in [-0.15, -0.1) is 0 Å². The lowest BCUT2D eigenvalue weighted by Crippen LogP contribution is -2.26. The number of aryl methyl sites for hydroxylation is 1. The van der Waals surface area contributed by atoms with Gasteiger partial charge in [-0.1, -0.05) is 6.92 Å². The van der Waals surface area contributed by atoms with Crippen molar-refractivity contribution in [1.29, 1.82) is 0 Å². The SMILES string of the molecule is CCc1[nH]nc(N2CC(O)CC2=O)c1C. The molecule has 1 unspecified atom stereocenters. The summed E-state index contributed by atoms with van der Waals surface area (Å²) in [4.78, 5) is 13.1. The van der Waals surface area contributed by atoms with E-state index in [1.54, 1.807) is 4.90 Å². The molecule has 5 nitrogen and oxygen atoms in total. The van der Waals surface area contributed by atoms with E-state index in [4.69, 9.17) is 0 Å². The lowest BCUT2D eigenvalue weighted by atomic mass is 10.2. The highest BCUT2D eigenvalue weighted by molar-refractivity contribution is 5.95. The summed E-state index contributed by atoms with van der Waals surface area (Å²) in [5.41, 5.74) is 2.04. The van der Waals surface area contributed by atoms with Crippen molar-refractivity contribution in [2.24, 2.45) is 0 Å². The van der Waals surface area contributed by atoms with Crippen LogP contribution in [0.1, 0.15) is 24.6 Å². The zero-order chi connectivity index (χ0) is 11.0. The number of aliphatic hydroxyl groups excluding tert-OH is 1. The molecule has 1 fully saturated rings. The molecule has 2 N–H and O–H groups in total. The van der Waals surface area contributed by atoms with Gasteiger partial charge in [-0.25, -0.2) is 0 Å². The highest BCUT2D eigenvalue weighted by Gasteiger charge is 2.31.